The van der Waals surface area contributed by atoms with E-state index in [0.29, 0.717) is 12.1 Å². The van der Waals surface area contributed by atoms with Crippen LogP contribution in [0, 0.1) is 11.8 Å². The Morgan fingerprint density at radius 3 is 2.29 bits per heavy atom. The van der Waals surface area contributed by atoms with Crippen molar-refractivity contribution in [2.45, 2.75) is 52.1 Å². The highest BCUT2D eigenvalue weighted by molar-refractivity contribution is 5.87. The second-order valence-electron chi connectivity index (χ2n) is 6.41. The first-order valence-electron chi connectivity index (χ1n) is 7.90. The molecular weight excluding hydrogens is 262 g/mol. The van der Waals surface area contributed by atoms with Gasteiger partial charge in [0, 0.05) is 17.8 Å². The van der Waals surface area contributed by atoms with Gasteiger partial charge >= 0.3 is 6.03 Å². The zero-order valence-electron chi connectivity index (χ0n) is 13.2. The SMILES string of the molecule is CC(NC1C(C)CCCC1C)c1ccc(NC(N)=O)cc1. The van der Waals surface area contributed by atoms with E-state index in [1.807, 2.05) is 24.3 Å². The lowest BCUT2D eigenvalue weighted by molar-refractivity contribution is 0.196. The van der Waals surface area contributed by atoms with Crippen LogP contribution in [-0.2, 0) is 0 Å². The van der Waals surface area contributed by atoms with Gasteiger partial charge in [-0.15, -0.1) is 0 Å². The molecule has 0 radical (unpaired) electrons. The van der Waals surface area contributed by atoms with Crippen LogP contribution in [0.3, 0.4) is 0 Å². The minimum absolute atomic E-state index is 0.306. The molecule has 3 unspecified atom stereocenters. The largest absolute Gasteiger partial charge is 0.351 e. The smallest absolute Gasteiger partial charge is 0.316 e. The van der Waals surface area contributed by atoms with Crippen molar-refractivity contribution in [3.8, 4) is 0 Å². The highest BCUT2D eigenvalue weighted by atomic mass is 16.2. The van der Waals surface area contributed by atoms with Crippen LogP contribution < -0.4 is 16.4 Å². The normalized spacial score (nSPS) is 27.1. The van der Waals surface area contributed by atoms with Gasteiger partial charge < -0.3 is 16.4 Å². The number of hydrogen-bond donors (Lipinski definition) is 3. The molecule has 1 saturated carbocycles. The van der Waals surface area contributed by atoms with E-state index in [4.69, 9.17) is 5.73 Å². The lowest BCUT2D eigenvalue weighted by Gasteiger charge is -2.37. The van der Waals surface area contributed by atoms with Crippen molar-refractivity contribution in [2.24, 2.45) is 17.6 Å². The van der Waals surface area contributed by atoms with Crippen LogP contribution in [0.25, 0.3) is 0 Å². The quantitative estimate of drug-likeness (QED) is 0.792. The molecule has 3 atom stereocenters. The van der Waals surface area contributed by atoms with Gasteiger partial charge in [-0.25, -0.2) is 4.79 Å². The predicted molar refractivity (Wildman–Crippen MR) is 87.2 cm³/mol. The molecule has 2 amide bonds. The van der Waals surface area contributed by atoms with Gasteiger partial charge in [-0.1, -0.05) is 32.4 Å². The molecule has 1 aliphatic carbocycles. The number of urea groups is 1. The van der Waals surface area contributed by atoms with E-state index in [-0.39, 0.29) is 0 Å². The number of benzene rings is 1. The summed E-state index contributed by atoms with van der Waals surface area (Å²) in [5, 5.41) is 6.37. The lowest BCUT2D eigenvalue weighted by atomic mass is 9.78. The van der Waals surface area contributed by atoms with Crippen molar-refractivity contribution in [1.82, 2.24) is 5.32 Å². The molecule has 0 aliphatic heterocycles. The molecule has 2 rings (SSSR count). The molecule has 0 heterocycles. The number of carbonyl (C=O) groups is 1. The van der Waals surface area contributed by atoms with Gasteiger partial charge in [0.15, 0.2) is 0 Å². The van der Waals surface area contributed by atoms with Gasteiger partial charge in [0.2, 0.25) is 0 Å². The summed E-state index contributed by atoms with van der Waals surface area (Å²) in [5.41, 5.74) is 7.08. The number of nitrogens with one attached hydrogen (secondary N) is 2. The van der Waals surface area contributed by atoms with Gasteiger partial charge in [0.25, 0.3) is 0 Å². The summed E-state index contributed by atoms with van der Waals surface area (Å²) < 4.78 is 0. The van der Waals surface area contributed by atoms with Crippen LogP contribution >= 0.6 is 0 Å². The first-order valence-corrected chi connectivity index (χ1v) is 7.90. The number of carbonyl (C=O) groups excluding carboxylic acids is 1. The number of nitrogens with two attached hydrogens (primary N) is 1. The van der Waals surface area contributed by atoms with Crippen LogP contribution in [0.5, 0.6) is 0 Å². The van der Waals surface area contributed by atoms with E-state index in [1.165, 1.54) is 24.8 Å². The Balaban J connectivity index is 1.99. The molecule has 1 fully saturated rings. The molecule has 0 bridgehead atoms. The Morgan fingerprint density at radius 1 is 1.19 bits per heavy atom. The topological polar surface area (TPSA) is 67.2 Å². The molecular formula is C17H27N3O. The van der Waals surface area contributed by atoms with Crippen LogP contribution in [0.1, 0.15) is 51.6 Å². The molecule has 4 nitrogen and oxygen atoms in total. The van der Waals surface area contributed by atoms with Crippen LogP contribution in [0.4, 0.5) is 10.5 Å². The average molecular weight is 289 g/mol. The highest BCUT2D eigenvalue weighted by Gasteiger charge is 2.28. The molecule has 4 N–H and O–H groups in total. The zero-order chi connectivity index (χ0) is 15.4. The molecule has 1 aromatic carbocycles. The zero-order valence-corrected chi connectivity index (χ0v) is 13.2. The van der Waals surface area contributed by atoms with E-state index in [2.05, 4.69) is 31.4 Å². The number of rotatable bonds is 4. The van der Waals surface area contributed by atoms with E-state index in [0.717, 1.165) is 17.5 Å². The van der Waals surface area contributed by atoms with Gasteiger partial charge in [-0.2, -0.15) is 0 Å². The van der Waals surface area contributed by atoms with Gasteiger partial charge in [0.05, 0.1) is 0 Å². The molecule has 21 heavy (non-hydrogen) atoms. The first-order chi connectivity index (χ1) is 9.97. The second kappa shape index (κ2) is 6.94. The fourth-order valence-electron chi connectivity index (χ4n) is 3.39. The molecule has 0 saturated heterocycles. The van der Waals surface area contributed by atoms with Gasteiger partial charge in [-0.3, -0.25) is 0 Å². The number of primary amides is 1. The Kier molecular flexibility index (Phi) is 5.23. The van der Waals surface area contributed by atoms with Crippen LogP contribution in [-0.4, -0.2) is 12.1 Å². The summed E-state index contributed by atoms with van der Waals surface area (Å²) in [6.45, 7) is 6.89. The Hall–Kier alpha value is -1.55. The van der Waals surface area contributed by atoms with Crippen LogP contribution in [0.2, 0.25) is 0 Å². The maximum absolute atomic E-state index is 10.8. The summed E-state index contributed by atoms with van der Waals surface area (Å²) in [5.74, 6) is 1.46. The molecule has 116 valence electrons. The van der Waals surface area contributed by atoms with E-state index < -0.39 is 6.03 Å². The Morgan fingerprint density at radius 2 is 1.76 bits per heavy atom. The molecule has 0 spiro atoms. The lowest BCUT2D eigenvalue weighted by Crippen LogP contribution is -2.43. The molecule has 0 aromatic heterocycles. The summed E-state index contributed by atoms with van der Waals surface area (Å²) in [7, 11) is 0. The Labute approximate surface area is 127 Å². The van der Waals surface area contributed by atoms with E-state index in [1.54, 1.807) is 0 Å². The minimum Gasteiger partial charge on any atom is -0.351 e. The van der Waals surface area contributed by atoms with Crippen molar-refractivity contribution in [3.05, 3.63) is 29.8 Å². The molecule has 4 heteroatoms. The predicted octanol–water partition coefficient (Wildman–Crippen LogP) is 3.65. The summed E-state index contributed by atoms with van der Waals surface area (Å²) in [4.78, 5) is 10.8. The fraction of sp³-hybridized carbons (Fsp3) is 0.588. The summed E-state index contributed by atoms with van der Waals surface area (Å²) >= 11 is 0. The minimum atomic E-state index is -0.529. The second-order valence-corrected chi connectivity index (χ2v) is 6.41. The van der Waals surface area contributed by atoms with Crippen molar-refractivity contribution in [3.63, 3.8) is 0 Å². The summed E-state index contributed by atoms with van der Waals surface area (Å²) in [6, 6.07) is 8.23. The monoisotopic (exact) mass is 289 g/mol. The van der Waals surface area contributed by atoms with Gasteiger partial charge in [-0.05, 0) is 49.3 Å². The van der Waals surface area contributed by atoms with E-state index >= 15 is 0 Å². The van der Waals surface area contributed by atoms with Crippen molar-refractivity contribution in [1.29, 1.82) is 0 Å². The van der Waals surface area contributed by atoms with Crippen LogP contribution in [0.15, 0.2) is 24.3 Å². The number of hydrogen-bond acceptors (Lipinski definition) is 2. The first kappa shape index (κ1) is 15.8. The molecule has 1 aliphatic rings. The van der Waals surface area contributed by atoms with Crippen molar-refractivity contribution in [2.75, 3.05) is 5.32 Å². The maximum Gasteiger partial charge on any atom is 0.316 e. The maximum atomic E-state index is 10.8. The van der Waals surface area contributed by atoms with Crippen molar-refractivity contribution < 1.29 is 4.79 Å². The fourth-order valence-corrected chi connectivity index (χ4v) is 3.39. The van der Waals surface area contributed by atoms with E-state index in [9.17, 15) is 4.79 Å². The third-order valence-electron chi connectivity index (χ3n) is 4.67. The third kappa shape index (κ3) is 4.21. The third-order valence-corrected chi connectivity index (χ3v) is 4.67. The number of amides is 2. The standard InChI is InChI=1S/C17H27N3O/c1-11-5-4-6-12(2)16(11)19-13(3)14-7-9-15(10-8-14)20-17(18)21/h7-13,16,19H,4-6H2,1-3H3,(H3,18,20,21). The van der Waals surface area contributed by atoms with Gasteiger partial charge in [0.1, 0.15) is 0 Å². The average Bonchev–Trinajstić information content (AvgIpc) is 2.43. The highest BCUT2D eigenvalue weighted by Crippen LogP contribution is 2.30. The summed E-state index contributed by atoms with van der Waals surface area (Å²) in [6.07, 6.45) is 3.98. The number of anilines is 1. The Bertz CT molecular complexity index is 461. The van der Waals surface area contributed by atoms with Crippen molar-refractivity contribution >= 4 is 11.7 Å². The molecule has 1 aromatic rings.